The number of nitrogens with two attached hydrogens (primary N) is 1. The molecule has 0 saturated heterocycles. The summed E-state index contributed by atoms with van der Waals surface area (Å²) in [5.74, 6) is 5.47. The van der Waals surface area contributed by atoms with E-state index >= 15 is 0 Å². The third-order valence-corrected chi connectivity index (χ3v) is 15.5. The minimum atomic E-state index is 0.531. The molecule has 0 amide bonds. The van der Waals surface area contributed by atoms with Crippen LogP contribution in [-0.2, 0) is 24.4 Å². The van der Waals surface area contributed by atoms with E-state index in [1.54, 1.807) is 40.9 Å². The summed E-state index contributed by atoms with van der Waals surface area (Å²) in [7, 11) is 5.80. The van der Waals surface area contributed by atoms with E-state index in [0.29, 0.717) is 38.0 Å². The molecule has 1 aliphatic carbocycles. The van der Waals surface area contributed by atoms with Gasteiger partial charge < -0.3 is 42.0 Å². The predicted molar refractivity (Wildman–Crippen MR) is 345 cm³/mol. The molecular weight excluding hydrogens is 1250 g/mol. The Kier molecular flexibility index (Phi) is 20.4. The molecule has 1 aliphatic rings. The maximum atomic E-state index is 5.77. The van der Waals surface area contributed by atoms with Crippen LogP contribution in [0.25, 0.3) is 39.5 Å². The Morgan fingerprint density at radius 1 is 0.536 bits per heavy atom. The molecule has 0 radical (unpaired) electrons. The molecule has 7 N–H and O–H groups in total. The van der Waals surface area contributed by atoms with E-state index in [4.69, 9.17) is 25.4 Å². The lowest BCUT2D eigenvalue weighted by atomic mass is 9.87. The Hall–Kier alpha value is -8.09. The van der Waals surface area contributed by atoms with Crippen molar-refractivity contribution in [3.8, 4) is 22.5 Å². The highest BCUT2D eigenvalue weighted by molar-refractivity contribution is 9.11. The fourth-order valence-corrected chi connectivity index (χ4v) is 10.5. The van der Waals surface area contributed by atoms with E-state index in [0.717, 1.165) is 124 Å². The van der Waals surface area contributed by atoms with Crippen LogP contribution in [0, 0.1) is 0 Å². The van der Waals surface area contributed by atoms with Crippen molar-refractivity contribution in [2.45, 2.75) is 57.7 Å². The van der Waals surface area contributed by atoms with Gasteiger partial charge in [0.25, 0.3) is 0 Å². The van der Waals surface area contributed by atoms with E-state index < -0.39 is 0 Å². The van der Waals surface area contributed by atoms with Gasteiger partial charge >= 0.3 is 0 Å². The molecule has 1 saturated carbocycles. The van der Waals surface area contributed by atoms with Crippen molar-refractivity contribution in [2.75, 3.05) is 79.8 Å². The molecule has 0 atom stereocenters. The summed E-state index contributed by atoms with van der Waals surface area (Å²) in [6.45, 7) is 5.12. The SMILES string of the molecule is CN(C)CCNc1ccc(CNc2cc(-c3ccccc3)nc3c(Br)cnn23)cn1.COCCNc1ccc(CNc2cc(-c3ccccc3)nc3c(Br)cnn23)cn1.Nc1cc(CNc2cc(C3CCCCC3)nc3c(Br)cnn23)ccn1. The van der Waals surface area contributed by atoms with E-state index in [9.17, 15) is 0 Å². The molecule has 9 aromatic heterocycles. The number of nitrogens with one attached hydrogen (secondary N) is 5. The van der Waals surface area contributed by atoms with Gasteiger partial charge in [-0.1, -0.05) is 92.1 Å². The van der Waals surface area contributed by atoms with Gasteiger partial charge in [-0.15, -0.1) is 0 Å². The van der Waals surface area contributed by atoms with E-state index in [1.807, 2.05) is 108 Å². The molecule has 0 aliphatic heterocycles. The number of likely N-dealkylation sites (N-methyl/N-ethyl adjacent to an activating group) is 1. The zero-order chi connectivity index (χ0) is 58.2. The molecule has 12 rings (SSSR count). The maximum Gasteiger partial charge on any atom is 0.172 e. The number of pyridine rings is 3. The van der Waals surface area contributed by atoms with Crippen LogP contribution < -0.4 is 32.3 Å². The van der Waals surface area contributed by atoms with Crippen LogP contribution in [0.2, 0.25) is 0 Å². The smallest absolute Gasteiger partial charge is 0.172 e. The van der Waals surface area contributed by atoms with Crippen LogP contribution in [0.4, 0.5) is 34.9 Å². The first-order valence-corrected chi connectivity index (χ1v) is 30.1. The van der Waals surface area contributed by atoms with Crippen molar-refractivity contribution in [1.29, 1.82) is 0 Å². The second-order valence-corrected chi connectivity index (χ2v) is 22.8. The molecule has 2 aromatic carbocycles. The number of hydrogen-bond acceptors (Lipinski definition) is 17. The average Bonchev–Trinajstić information content (AvgIpc) is 4.10. The number of nitrogen functional groups attached to an aromatic ring is 1. The lowest BCUT2D eigenvalue weighted by Gasteiger charge is -2.22. The Balaban J connectivity index is 0.000000141. The number of fused-ring (bicyclic) bond motifs is 3. The van der Waals surface area contributed by atoms with Gasteiger partial charge in [0.1, 0.15) is 34.9 Å². The summed E-state index contributed by atoms with van der Waals surface area (Å²) in [5.41, 5.74) is 16.5. The van der Waals surface area contributed by atoms with E-state index in [-0.39, 0.29) is 0 Å². The Bertz CT molecular complexity index is 3870. The van der Waals surface area contributed by atoms with Gasteiger partial charge in [0.05, 0.1) is 50.0 Å². The molecule has 0 bridgehead atoms. The minimum absolute atomic E-state index is 0.531. The monoisotopic (exact) mass is 1320 g/mol. The number of benzene rings is 2. The highest BCUT2D eigenvalue weighted by Crippen LogP contribution is 2.34. The van der Waals surface area contributed by atoms with Gasteiger partial charge in [-0.05, 0) is 116 Å². The lowest BCUT2D eigenvalue weighted by Crippen LogP contribution is -2.21. The molecule has 20 nitrogen and oxygen atoms in total. The first kappa shape index (κ1) is 59.1. The van der Waals surface area contributed by atoms with Crippen molar-refractivity contribution < 1.29 is 4.74 Å². The molecule has 11 aromatic rings. The largest absolute Gasteiger partial charge is 0.384 e. The molecule has 23 heteroatoms. The molecule has 9 heterocycles. The lowest BCUT2D eigenvalue weighted by molar-refractivity contribution is 0.210. The zero-order valence-corrected chi connectivity index (χ0v) is 51.7. The summed E-state index contributed by atoms with van der Waals surface area (Å²) in [6.07, 6.45) is 17.1. The van der Waals surface area contributed by atoms with E-state index in [2.05, 4.69) is 148 Å². The number of nitrogens with zero attached hydrogens (tertiary/aromatic N) is 13. The van der Waals surface area contributed by atoms with Gasteiger partial charge in [0.2, 0.25) is 0 Å². The quantitative estimate of drug-likeness (QED) is 0.0390. The van der Waals surface area contributed by atoms with Crippen molar-refractivity contribution in [1.82, 2.24) is 63.6 Å². The third-order valence-electron chi connectivity index (χ3n) is 13.9. The Morgan fingerprint density at radius 2 is 1.02 bits per heavy atom. The summed E-state index contributed by atoms with van der Waals surface area (Å²) < 4.78 is 13.1. The Labute approximate surface area is 512 Å². The normalized spacial score (nSPS) is 12.4. The number of methoxy groups -OCH3 is 1. The van der Waals surface area contributed by atoms with Gasteiger partial charge in [0, 0.05) is 106 Å². The van der Waals surface area contributed by atoms with Crippen LogP contribution in [0.5, 0.6) is 0 Å². The van der Waals surface area contributed by atoms with Crippen molar-refractivity contribution in [3.63, 3.8) is 0 Å². The van der Waals surface area contributed by atoms with Crippen LogP contribution in [0.3, 0.4) is 0 Å². The molecule has 432 valence electrons. The van der Waals surface area contributed by atoms with Gasteiger partial charge in [0.15, 0.2) is 16.9 Å². The maximum absolute atomic E-state index is 5.77. The molecule has 0 unspecified atom stereocenters. The highest BCUT2D eigenvalue weighted by Gasteiger charge is 2.21. The predicted octanol–water partition coefficient (Wildman–Crippen LogP) is 12.5. The zero-order valence-electron chi connectivity index (χ0n) is 46.9. The van der Waals surface area contributed by atoms with Crippen LogP contribution in [-0.4, -0.2) is 111 Å². The fourth-order valence-electron chi connectivity index (χ4n) is 9.46. The molecule has 1 fully saturated rings. The topological polar surface area (TPSA) is 228 Å². The number of aromatic nitrogens is 12. The Morgan fingerprint density at radius 3 is 1.50 bits per heavy atom. The number of anilines is 6. The minimum Gasteiger partial charge on any atom is -0.384 e. The van der Waals surface area contributed by atoms with Crippen LogP contribution >= 0.6 is 47.8 Å². The van der Waals surface area contributed by atoms with Crippen LogP contribution in [0.15, 0.2) is 166 Å². The van der Waals surface area contributed by atoms with Crippen molar-refractivity contribution in [2.24, 2.45) is 0 Å². The summed E-state index contributed by atoms with van der Waals surface area (Å²) in [6, 6.07) is 38.4. The van der Waals surface area contributed by atoms with Crippen molar-refractivity contribution in [3.05, 3.63) is 188 Å². The summed E-state index contributed by atoms with van der Waals surface area (Å²) in [4.78, 5) is 29.5. The standard InChI is InChI=1S/C22H24BrN7.C21H21BrN6O.C18H21BrN6/c1-29(2)11-10-24-20-9-8-16(13-25-20)14-26-21-12-19(17-6-4-3-5-7-17)28-22-18(23)15-27-30(21)22;1-29-10-9-23-19-8-7-15(12-24-19)13-25-20-11-18(16-5-3-2-4-6-16)27-21-17(22)14-26-28(20)21;19-14-11-23-25-17(22-10-12-6-7-21-16(20)8-12)9-15(24-18(14)25)13-4-2-1-3-5-13/h3-9,12-13,15,26H,10-11,14H2,1-2H3,(H,24,25);2-8,11-12,14,25H,9-10,13H2,1H3,(H,23,24);6-9,11,13,22H,1-5,10H2,(H2,20,21). The van der Waals surface area contributed by atoms with Gasteiger partial charge in [-0.3, -0.25) is 0 Å². The summed E-state index contributed by atoms with van der Waals surface area (Å²) >= 11 is 10.7. The summed E-state index contributed by atoms with van der Waals surface area (Å²) in [5, 5.41) is 30.3. The molecule has 0 spiro atoms. The van der Waals surface area contributed by atoms with Gasteiger partial charge in [-0.2, -0.15) is 28.8 Å². The second kappa shape index (κ2) is 28.9. The number of hydrogen-bond donors (Lipinski definition) is 6. The van der Waals surface area contributed by atoms with Crippen molar-refractivity contribution >= 4 is 99.6 Å². The first-order valence-electron chi connectivity index (χ1n) is 27.7. The third kappa shape index (κ3) is 15.6. The first-order chi connectivity index (χ1) is 41.0. The number of rotatable bonds is 20. The van der Waals surface area contributed by atoms with Gasteiger partial charge in [-0.25, -0.2) is 29.9 Å². The second-order valence-electron chi connectivity index (χ2n) is 20.3. The molecule has 84 heavy (non-hydrogen) atoms. The van der Waals surface area contributed by atoms with Crippen LogP contribution in [0.1, 0.15) is 60.4 Å². The highest BCUT2D eigenvalue weighted by atomic mass is 79.9. The number of halogens is 3. The molecular formula is C61H66Br3N19O. The number of ether oxygens (including phenoxy) is 1. The fraction of sp³-hybridized carbons (Fsp3) is 0.262. The average molecular weight is 1320 g/mol. The van der Waals surface area contributed by atoms with E-state index in [1.165, 1.54) is 32.1 Å².